The molecule has 3 heteroatoms. The minimum Gasteiger partial charge on any atom is -0.480 e. The van der Waals surface area contributed by atoms with Gasteiger partial charge in [0.15, 0.2) is 0 Å². The second kappa shape index (κ2) is 4.12. The van der Waals surface area contributed by atoms with Crippen LogP contribution in [0.5, 0.6) is 0 Å². The molecular weight excluding hydrogens is 190 g/mol. The van der Waals surface area contributed by atoms with E-state index >= 15 is 0 Å². The average molecular weight is 211 g/mol. The normalized spacial score (nSPS) is 36.9. The molecule has 0 aromatic carbocycles. The number of likely N-dealkylation sites (tertiary alicyclic amines) is 1. The largest absolute Gasteiger partial charge is 0.480 e. The van der Waals surface area contributed by atoms with Crippen LogP contribution in [0.25, 0.3) is 0 Å². The predicted octanol–water partition coefficient (Wildman–Crippen LogP) is 1.97. The van der Waals surface area contributed by atoms with Crippen molar-refractivity contribution in [1.82, 2.24) is 4.90 Å². The Hall–Kier alpha value is -0.570. The van der Waals surface area contributed by atoms with E-state index < -0.39 is 5.97 Å². The molecule has 0 radical (unpaired) electrons. The summed E-state index contributed by atoms with van der Waals surface area (Å²) in [5.74, 6) is 0.956. The van der Waals surface area contributed by atoms with Crippen LogP contribution in [0, 0.1) is 11.8 Å². The molecule has 0 amide bonds. The molecule has 1 aliphatic heterocycles. The number of nitrogens with zero attached hydrogens (tertiary/aromatic N) is 1. The third-order valence-corrected chi connectivity index (χ3v) is 4.14. The Balaban J connectivity index is 1.88. The van der Waals surface area contributed by atoms with Crippen molar-refractivity contribution in [2.24, 2.45) is 11.8 Å². The van der Waals surface area contributed by atoms with Crippen LogP contribution in [-0.2, 0) is 4.79 Å². The summed E-state index contributed by atoms with van der Waals surface area (Å²) >= 11 is 0. The maximum Gasteiger partial charge on any atom is 0.320 e. The fourth-order valence-corrected chi connectivity index (χ4v) is 2.94. The van der Waals surface area contributed by atoms with Crippen molar-refractivity contribution in [3.8, 4) is 0 Å². The van der Waals surface area contributed by atoms with E-state index in [0.717, 1.165) is 31.2 Å². The zero-order chi connectivity index (χ0) is 11.0. The minimum atomic E-state index is -0.625. The highest BCUT2D eigenvalue weighted by Gasteiger charge is 2.41. The molecule has 0 aromatic rings. The van der Waals surface area contributed by atoms with Gasteiger partial charge in [-0.1, -0.05) is 13.8 Å². The Bertz CT molecular complexity index is 246. The van der Waals surface area contributed by atoms with Crippen LogP contribution in [0.2, 0.25) is 0 Å². The Labute approximate surface area is 91.5 Å². The number of carboxylic acid groups (broad SMARTS) is 1. The smallest absolute Gasteiger partial charge is 0.320 e. The van der Waals surface area contributed by atoms with Gasteiger partial charge in [0.25, 0.3) is 0 Å². The van der Waals surface area contributed by atoms with Gasteiger partial charge in [0, 0.05) is 6.04 Å². The van der Waals surface area contributed by atoms with E-state index in [1.165, 1.54) is 12.8 Å². The molecule has 1 saturated heterocycles. The summed E-state index contributed by atoms with van der Waals surface area (Å²) in [5, 5.41) is 9.09. The molecule has 0 spiro atoms. The van der Waals surface area contributed by atoms with Crippen molar-refractivity contribution < 1.29 is 9.90 Å². The molecule has 1 N–H and O–H groups in total. The van der Waals surface area contributed by atoms with E-state index in [9.17, 15) is 4.79 Å². The number of aliphatic carboxylic acids is 1. The fraction of sp³-hybridized carbons (Fsp3) is 0.917. The molecule has 2 fully saturated rings. The summed E-state index contributed by atoms with van der Waals surface area (Å²) in [4.78, 5) is 13.3. The number of hydrogen-bond acceptors (Lipinski definition) is 2. The van der Waals surface area contributed by atoms with Crippen LogP contribution < -0.4 is 0 Å². The van der Waals surface area contributed by atoms with Crippen molar-refractivity contribution in [3.63, 3.8) is 0 Å². The lowest BCUT2D eigenvalue weighted by Crippen LogP contribution is -2.50. The van der Waals surface area contributed by atoms with Gasteiger partial charge >= 0.3 is 5.97 Å². The van der Waals surface area contributed by atoms with Crippen LogP contribution in [0.1, 0.15) is 39.5 Å². The molecule has 1 heterocycles. The first kappa shape index (κ1) is 10.9. The molecule has 0 bridgehead atoms. The van der Waals surface area contributed by atoms with Gasteiger partial charge in [0.05, 0.1) is 0 Å². The van der Waals surface area contributed by atoms with Crippen molar-refractivity contribution in [2.45, 2.75) is 51.6 Å². The lowest BCUT2D eigenvalue weighted by atomic mass is 9.73. The van der Waals surface area contributed by atoms with E-state index in [1.807, 2.05) is 0 Å². The van der Waals surface area contributed by atoms with Gasteiger partial charge in [-0.15, -0.1) is 0 Å². The summed E-state index contributed by atoms with van der Waals surface area (Å²) in [5.41, 5.74) is 0. The molecule has 1 unspecified atom stereocenters. The van der Waals surface area contributed by atoms with Crippen LogP contribution in [0.3, 0.4) is 0 Å². The summed E-state index contributed by atoms with van der Waals surface area (Å²) in [6.45, 7) is 5.52. The van der Waals surface area contributed by atoms with E-state index in [2.05, 4.69) is 18.7 Å². The third kappa shape index (κ3) is 2.03. The molecule has 2 rings (SSSR count). The zero-order valence-electron chi connectivity index (χ0n) is 9.65. The van der Waals surface area contributed by atoms with E-state index in [4.69, 9.17) is 5.11 Å². The van der Waals surface area contributed by atoms with Gasteiger partial charge < -0.3 is 5.11 Å². The third-order valence-electron chi connectivity index (χ3n) is 4.14. The first-order valence-corrected chi connectivity index (χ1v) is 6.08. The Morgan fingerprint density at radius 2 is 2.07 bits per heavy atom. The summed E-state index contributed by atoms with van der Waals surface area (Å²) < 4.78 is 0. The lowest BCUT2D eigenvalue weighted by molar-refractivity contribution is -0.144. The van der Waals surface area contributed by atoms with E-state index in [-0.39, 0.29) is 6.04 Å². The number of carboxylic acids is 1. The molecule has 1 aliphatic carbocycles. The molecule has 15 heavy (non-hydrogen) atoms. The van der Waals surface area contributed by atoms with Gasteiger partial charge in [0.2, 0.25) is 0 Å². The molecular formula is C12H21NO2. The van der Waals surface area contributed by atoms with Gasteiger partial charge in [-0.2, -0.15) is 0 Å². The lowest BCUT2D eigenvalue weighted by Gasteiger charge is -2.44. The molecule has 2 aliphatic rings. The predicted molar refractivity (Wildman–Crippen MR) is 58.7 cm³/mol. The SMILES string of the molecule is CC(C)C1CC(N2CCCC2C(=O)O)C1. The Morgan fingerprint density at radius 3 is 2.60 bits per heavy atom. The Morgan fingerprint density at radius 1 is 1.40 bits per heavy atom. The van der Waals surface area contributed by atoms with Crippen molar-refractivity contribution in [1.29, 1.82) is 0 Å². The minimum absolute atomic E-state index is 0.192. The van der Waals surface area contributed by atoms with Crippen LogP contribution in [0.4, 0.5) is 0 Å². The second-order valence-corrected chi connectivity index (χ2v) is 5.36. The van der Waals surface area contributed by atoms with Crippen LogP contribution in [0.15, 0.2) is 0 Å². The Kier molecular flexibility index (Phi) is 3.01. The highest BCUT2D eigenvalue weighted by Crippen LogP contribution is 2.39. The van der Waals surface area contributed by atoms with Crippen LogP contribution >= 0.6 is 0 Å². The van der Waals surface area contributed by atoms with Crippen molar-refractivity contribution in [2.75, 3.05) is 6.54 Å². The number of hydrogen-bond donors (Lipinski definition) is 1. The second-order valence-electron chi connectivity index (χ2n) is 5.36. The number of carbonyl (C=O) groups is 1. The zero-order valence-corrected chi connectivity index (χ0v) is 9.65. The highest BCUT2D eigenvalue weighted by atomic mass is 16.4. The van der Waals surface area contributed by atoms with Crippen LogP contribution in [-0.4, -0.2) is 34.6 Å². The molecule has 1 saturated carbocycles. The molecule has 3 nitrogen and oxygen atoms in total. The summed E-state index contributed by atoms with van der Waals surface area (Å²) in [7, 11) is 0. The molecule has 1 atom stereocenters. The first-order chi connectivity index (χ1) is 7.09. The van der Waals surface area contributed by atoms with Crippen molar-refractivity contribution >= 4 is 5.97 Å². The summed E-state index contributed by atoms with van der Waals surface area (Å²) in [6, 6.07) is 0.365. The molecule has 0 aromatic heterocycles. The van der Waals surface area contributed by atoms with E-state index in [0.29, 0.717) is 6.04 Å². The average Bonchev–Trinajstić information content (AvgIpc) is 2.48. The maximum absolute atomic E-state index is 11.0. The standard InChI is InChI=1S/C12H21NO2/c1-8(2)9-6-10(7-9)13-5-3-4-11(13)12(14)15/h8-11H,3-7H2,1-2H3,(H,14,15). The van der Waals surface area contributed by atoms with Gasteiger partial charge in [-0.05, 0) is 44.1 Å². The maximum atomic E-state index is 11.0. The molecule has 86 valence electrons. The van der Waals surface area contributed by atoms with Crippen molar-refractivity contribution in [3.05, 3.63) is 0 Å². The van der Waals surface area contributed by atoms with Gasteiger partial charge in [0.1, 0.15) is 6.04 Å². The highest BCUT2D eigenvalue weighted by molar-refractivity contribution is 5.73. The monoisotopic (exact) mass is 211 g/mol. The summed E-state index contributed by atoms with van der Waals surface area (Å²) in [6.07, 6.45) is 4.32. The van der Waals surface area contributed by atoms with Gasteiger partial charge in [-0.3, -0.25) is 9.69 Å². The topological polar surface area (TPSA) is 40.5 Å². The van der Waals surface area contributed by atoms with Gasteiger partial charge in [-0.25, -0.2) is 0 Å². The fourth-order valence-electron chi connectivity index (χ4n) is 2.94. The number of rotatable bonds is 3. The van der Waals surface area contributed by atoms with E-state index in [1.54, 1.807) is 0 Å². The quantitative estimate of drug-likeness (QED) is 0.776. The first-order valence-electron chi connectivity index (χ1n) is 6.08.